The Balaban J connectivity index is 1.32. The molecular formula is C23H24N4O3. The van der Waals surface area contributed by atoms with E-state index in [1.165, 1.54) is 0 Å². The van der Waals surface area contributed by atoms with Crippen molar-refractivity contribution >= 4 is 16.9 Å². The molecule has 0 aliphatic heterocycles. The average Bonchev–Trinajstić information content (AvgIpc) is 3.39. The summed E-state index contributed by atoms with van der Waals surface area (Å²) in [5, 5.41) is 6.74. The van der Waals surface area contributed by atoms with E-state index >= 15 is 0 Å². The highest BCUT2D eigenvalue weighted by atomic mass is 16.5. The van der Waals surface area contributed by atoms with Crippen molar-refractivity contribution in [3.8, 4) is 17.1 Å². The van der Waals surface area contributed by atoms with Crippen molar-refractivity contribution in [1.29, 1.82) is 0 Å². The van der Waals surface area contributed by atoms with E-state index in [0.717, 1.165) is 28.2 Å². The second-order valence-corrected chi connectivity index (χ2v) is 7.51. The molecule has 4 aromatic rings. The lowest BCUT2D eigenvalue weighted by Crippen LogP contribution is -2.26. The van der Waals surface area contributed by atoms with Gasteiger partial charge in [-0.15, -0.1) is 0 Å². The molecule has 0 atom stereocenters. The van der Waals surface area contributed by atoms with Gasteiger partial charge in [0.05, 0.1) is 17.6 Å². The fourth-order valence-electron chi connectivity index (χ4n) is 3.01. The van der Waals surface area contributed by atoms with Crippen molar-refractivity contribution in [3.63, 3.8) is 0 Å². The fourth-order valence-corrected chi connectivity index (χ4v) is 3.01. The van der Waals surface area contributed by atoms with Crippen LogP contribution in [0.1, 0.15) is 30.2 Å². The van der Waals surface area contributed by atoms with E-state index in [2.05, 4.69) is 34.3 Å². The summed E-state index contributed by atoms with van der Waals surface area (Å²) in [6.07, 6.45) is 0.600. The molecule has 0 saturated heterocycles. The number of nitrogens with one attached hydrogen (secondary N) is 2. The summed E-state index contributed by atoms with van der Waals surface area (Å²) in [6, 6.07) is 17.0. The summed E-state index contributed by atoms with van der Waals surface area (Å²) in [6.45, 7) is 5.32. The highest BCUT2D eigenvalue weighted by molar-refractivity contribution is 5.93. The molecule has 0 aliphatic rings. The number of ether oxygens (including phenoxy) is 1. The van der Waals surface area contributed by atoms with Gasteiger partial charge in [-0.2, -0.15) is 0 Å². The first-order valence-electron chi connectivity index (χ1n) is 10.0. The number of hydrogen-bond donors (Lipinski definition) is 2. The van der Waals surface area contributed by atoms with E-state index in [0.29, 0.717) is 31.3 Å². The molecule has 7 nitrogen and oxygen atoms in total. The number of hydrogen-bond acceptors (Lipinski definition) is 5. The van der Waals surface area contributed by atoms with Crippen LogP contribution in [0.25, 0.3) is 22.4 Å². The highest BCUT2D eigenvalue weighted by Crippen LogP contribution is 2.23. The summed E-state index contributed by atoms with van der Waals surface area (Å²) in [5.74, 6) is 2.35. The number of nitrogens with zero attached hydrogens (tertiary/aromatic N) is 2. The molecule has 30 heavy (non-hydrogen) atoms. The molecule has 0 unspecified atom stereocenters. The molecule has 0 radical (unpaired) electrons. The van der Waals surface area contributed by atoms with E-state index in [-0.39, 0.29) is 11.6 Å². The van der Waals surface area contributed by atoms with Crippen molar-refractivity contribution in [2.75, 3.05) is 13.2 Å². The minimum absolute atomic E-state index is 0.245. The molecule has 1 amide bonds. The van der Waals surface area contributed by atoms with Crippen LogP contribution in [0.15, 0.2) is 59.1 Å². The number of imidazole rings is 1. The molecular weight excluding hydrogens is 380 g/mol. The second kappa shape index (κ2) is 8.82. The van der Waals surface area contributed by atoms with Crippen LogP contribution in [-0.4, -0.2) is 34.2 Å². The van der Waals surface area contributed by atoms with Gasteiger partial charge in [0.1, 0.15) is 11.6 Å². The fraction of sp³-hybridized carbons (Fsp3) is 0.261. The average molecular weight is 404 g/mol. The highest BCUT2D eigenvalue weighted by Gasteiger charge is 2.14. The number of carbonyl (C=O) groups is 1. The molecule has 2 N–H and O–H groups in total. The van der Waals surface area contributed by atoms with Crippen LogP contribution < -0.4 is 10.1 Å². The van der Waals surface area contributed by atoms with Crippen LogP contribution in [-0.2, 0) is 6.42 Å². The van der Waals surface area contributed by atoms with Crippen molar-refractivity contribution < 1.29 is 14.1 Å². The Hall–Kier alpha value is -3.61. The van der Waals surface area contributed by atoms with Gasteiger partial charge in [0, 0.05) is 24.6 Å². The maximum atomic E-state index is 12.4. The smallest absolute Gasteiger partial charge is 0.273 e. The van der Waals surface area contributed by atoms with Crippen LogP contribution in [0.4, 0.5) is 0 Å². The van der Waals surface area contributed by atoms with Gasteiger partial charge in [0.2, 0.25) is 0 Å². The first-order valence-corrected chi connectivity index (χ1v) is 10.0. The maximum absolute atomic E-state index is 12.4. The minimum Gasteiger partial charge on any atom is -0.493 e. The van der Waals surface area contributed by atoms with E-state index < -0.39 is 0 Å². The lowest BCUT2D eigenvalue weighted by atomic mass is 10.1. The van der Waals surface area contributed by atoms with Gasteiger partial charge in [-0.05, 0) is 42.3 Å². The summed E-state index contributed by atoms with van der Waals surface area (Å²) in [5.41, 5.74) is 2.98. The van der Waals surface area contributed by atoms with Gasteiger partial charge in [0.25, 0.3) is 5.91 Å². The van der Waals surface area contributed by atoms with Gasteiger partial charge in [-0.1, -0.05) is 31.1 Å². The molecule has 2 aromatic heterocycles. The number of aromatic amines is 1. The summed E-state index contributed by atoms with van der Waals surface area (Å²) < 4.78 is 11.0. The standard InChI is InChI=1S/C23H24N4O3/c1-15(2)14-29-17-9-7-16(8-10-17)21-13-20(27-30-21)23(28)24-12-11-22-25-18-5-3-4-6-19(18)26-22/h3-10,13,15H,11-12,14H2,1-2H3,(H,24,28)(H,25,26). The van der Waals surface area contributed by atoms with Crippen molar-refractivity contribution in [1.82, 2.24) is 20.4 Å². The molecule has 2 heterocycles. The first kappa shape index (κ1) is 19.7. The van der Waals surface area contributed by atoms with E-state index in [1.807, 2.05) is 48.5 Å². The minimum atomic E-state index is -0.280. The van der Waals surface area contributed by atoms with Gasteiger partial charge in [0.15, 0.2) is 11.5 Å². The van der Waals surface area contributed by atoms with Crippen LogP contribution in [0.3, 0.4) is 0 Å². The van der Waals surface area contributed by atoms with Crippen molar-refractivity contribution in [3.05, 3.63) is 66.1 Å². The number of para-hydroxylation sites is 2. The van der Waals surface area contributed by atoms with Crippen molar-refractivity contribution in [2.45, 2.75) is 20.3 Å². The number of fused-ring (bicyclic) bond motifs is 1. The van der Waals surface area contributed by atoms with Crippen molar-refractivity contribution in [2.24, 2.45) is 5.92 Å². The zero-order chi connectivity index (χ0) is 20.9. The Labute approximate surface area is 174 Å². The molecule has 2 aromatic carbocycles. The van der Waals surface area contributed by atoms with E-state index in [1.54, 1.807) is 6.07 Å². The molecule has 7 heteroatoms. The van der Waals surface area contributed by atoms with Crippen LogP contribution in [0.5, 0.6) is 5.75 Å². The lowest BCUT2D eigenvalue weighted by Gasteiger charge is -2.08. The van der Waals surface area contributed by atoms with Crippen LogP contribution in [0, 0.1) is 5.92 Å². The first-order chi connectivity index (χ1) is 14.6. The molecule has 154 valence electrons. The molecule has 0 fully saturated rings. The third-order valence-electron chi connectivity index (χ3n) is 4.55. The normalized spacial score (nSPS) is 11.2. The number of benzene rings is 2. The van der Waals surface area contributed by atoms with E-state index in [9.17, 15) is 4.79 Å². The van der Waals surface area contributed by atoms with E-state index in [4.69, 9.17) is 9.26 Å². The number of H-pyrrole nitrogens is 1. The number of carbonyl (C=O) groups excluding carboxylic acids is 1. The predicted octanol–water partition coefficient (Wildman–Crippen LogP) is 4.23. The zero-order valence-corrected chi connectivity index (χ0v) is 17.0. The number of amides is 1. The molecule has 0 saturated carbocycles. The predicted molar refractivity (Wildman–Crippen MR) is 114 cm³/mol. The van der Waals surface area contributed by atoms with Crippen LogP contribution >= 0.6 is 0 Å². The topological polar surface area (TPSA) is 93.0 Å². The quantitative estimate of drug-likeness (QED) is 0.458. The summed E-state index contributed by atoms with van der Waals surface area (Å²) >= 11 is 0. The summed E-state index contributed by atoms with van der Waals surface area (Å²) in [4.78, 5) is 20.1. The maximum Gasteiger partial charge on any atom is 0.273 e. The Kier molecular flexibility index (Phi) is 5.79. The molecule has 0 aliphatic carbocycles. The Bertz CT molecular complexity index is 1100. The summed E-state index contributed by atoms with van der Waals surface area (Å²) in [7, 11) is 0. The number of rotatable bonds is 8. The van der Waals surface area contributed by atoms with Gasteiger partial charge < -0.3 is 19.6 Å². The Morgan fingerprint density at radius 3 is 2.73 bits per heavy atom. The second-order valence-electron chi connectivity index (χ2n) is 7.51. The monoisotopic (exact) mass is 404 g/mol. The third kappa shape index (κ3) is 4.68. The van der Waals surface area contributed by atoms with Gasteiger partial charge in [-0.3, -0.25) is 4.79 Å². The SMILES string of the molecule is CC(C)COc1ccc(-c2cc(C(=O)NCCc3nc4ccccc4[nH]3)no2)cc1. The zero-order valence-electron chi connectivity index (χ0n) is 17.0. The molecule has 0 spiro atoms. The third-order valence-corrected chi connectivity index (χ3v) is 4.55. The Morgan fingerprint density at radius 1 is 1.17 bits per heavy atom. The van der Waals surface area contributed by atoms with Gasteiger partial charge >= 0.3 is 0 Å². The lowest BCUT2D eigenvalue weighted by molar-refractivity contribution is 0.0945. The number of aromatic nitrogens is 3. The molecule has 0 bridgehead atoms. The largest absolute Gasteiger partial charge is 0.493 e. The molecule has 4 rings (SSSR count). The van der Waals surface area contributed by atoms with Crippen LogP contribution in [0.2, 0.25) is 0 Å². The Morgan fingerprint density at radius 2 is 1.97 bits per heavy atom. The van der Waals surface area contributed by atoms with Gasteiger partial charge in [-0.25, -0.2) is 4.98 Å².